The van der Waals surface area contributed by atoms with E-state index in [9.17, 15) is 9.59 Å². The van der Waals surface area contributed by atoms with Crippen LogP contribution in [0.25, 0.3) is 0 Å². The van der Waals surface area contributed by atoms with Gasteiger partial charge in [-0.15, -0.1) is 0 Å². The molecule has 0 aliphatic carbocycles. The highest BCUT2D eigenvalue weighted by Crippen LogP contribution is 2.17. The van der Waals surface area contributed by atoms with Crippen molar-refractivity contribution < 1.29 is 19.1 Å². The van der Waals surface area contributed by atoms with E-state index in [0.717, 1.165) is 28.8 Å². The van der Waals surface area contributed by atoms with Crippen molar-refractivity contribution >= 4 is 23.7 Å². The third-order valence-corrected chi connectivity index (χ3v) is 5.31. The second-order valence-corrected chi connectivity index (χ2v) is 8.30. The SMILES string of the molecule is CCc1cc(C)cc(OCC(=O)N/N=C/c2cccc(OCC(=O)Nc3ccc(C)c(C)c3)c2)c1. The van der Waals surface area contributed by atoms with Crippen LogP contribution in [0.4, 0.5) is 5.69 Å². The Morgan fingerprint density at radius 3 is 2.40 bits per heavy atom. The van der Waals surface area contributed by atoms with E-state index in [1.807, 2.05) is 57.2 Å². The lowest BCUT2D eigenvalue weighted by atomic mass is 10.1. The maximum Gasteiger partial charge on any atom is 0.277 e. The van der Waals surface area contributed by atoms with Gasteiger partial charge in [0.05, 0.1) is 6.21 Å². The van der Waals surface area contributed by atoms with Gasteiger partial charge in [-0.3, -0.25) is 9.59 Å². The van der Waals surface area contributed by atoms with Crippen LogP contribution in [0.15, 0.2) is 65.8 Å². The molecule has 2 amide bonds. The number of aryl methyl sites for hydroxylation is 4. The average Bonchev–Trinajstić information content (AvgIpc) is 2.84. The Hall–Kier alpha value is -4.13. The summed E-state index contributed by atoms with van der Waals surface area (Å²) in [4.78, 5) is 24.3. The number of hydrogen-bond acceptors (Lipinski definition) is 5. The minimum absolute atomic E-state index is 0.125. The van der Waals surface area contributed by atoms with E-state index in [-0.39, 0.29) is 25.0 Å². The molecule has 2 N–H and O–H groups in total. The number of hydrazone groups is 1. The van der Waals surface area contributed by atoms with Gasteiger partial charge in [0.25, 0.3) is 11.8 Å². The standard InChI is InChI=1S/C28H31N3O4/c1-5-22-11-19(2)12-26(14-22)35-18-28(33)31-29-16-23-7-6-8-25(15-23)34-17-27(32)30-24-10-9-20(3)21(4)13-24/h6-16H,5,17-18H2,1-4H3,(H,30,32)(H,31,33)/b29-16+. The van der Waals surface area contributed by atoms with Gasteiger partial charge in [-0.25, -0.2) is 5.43 Å². The normalized spacial score (nSPS) is 10.7. The molecule has 0 unspecified atom stereocenters. The Labute approximate surface area is 206 Å². The number of nitrogens with one attached hydrogen (secondary N) is 2. The molecule has 0 saturated carbocycles. The first-order valence-electron chi connectivity index (χ1n) is 11.5. The van der Waals surface area contributed by atoms with E-state index >= 15 is 0 Å². The number of anilines is 1. The van der Waals surface area contributed by atoms with Gasteiger partial charge in [-0.2, -0.15) is 5.10 Å². The summed E-state index contributed by atoms with van der Waals surface area (Å²) in [6, 6.07) is 18.7. The van der Waals surface area contributed by atoms with Gasteiger partial charge in [0, 0.05) is 5.69 Å². The predicted molar refractivity (Wildman–Crippen MR) is 138 cm³/mol. The minimum Gasteiger partial charge on any atom is -0.484 e. The van der Waals surface area contributed by atoms with E-state index < -0.39 is 0 Å². The molecule has 3 rings (SSSR count). The Bertz CT molecular complexity index is 1220. The fraction of sp³-hybridized carbons (Fsp3) is 0.250. The summed E-state index contributed by atoms with van der Waals surface area (Å²) in [6.07, 6.45) is 2.40. The van der Waals surface area contributed by atoms with Gasteiger partial charge in [0.1, 0.15) is 11.5 Å². The van der Waals surface area contributed by atoms with Gasteiger partial charge in [-0.1, -0.05) is 31.2 Å². The molecular weight excluding hydrogens is 442 g/mol. The largest absolute Gasteiger partial charge is 0.484 e. The molecule has 7 heteroatoms. The van der Waals surface area contributed by atoms with Crippen molar-refractivity contribution in [1.29, 1.82) is 0 Å². The van der Waals surface area contributed by atoms with Crippen molar-refractivity contribution in [2.75, 3.05) is 18.5 Å². The second kappa shape index (κ2) is 12.4. The quantitative estimate of drug-likeness (QED) is 0.329. The van der Waals surface area contributed by atoms with Gasteiger partial charge >= 0.3 is 0 Å². The number of nitrogens with zero attached hydrogens (tertiary/aromatic N) is 1. The highest BCUT2D eigenvalue weighted by atomic mass is 16.5. The van der Waals surface area contributed by atoms with Crippen molar-refractivity contribution in [2.45, 2.75) is 34.1 Å². The van der Waals surface area contributed by atoms with Crippen molar-refractivity contribution in [2.24, 2.45) is 5.10 Å². The molecule has 0 aliphatic rings. The molecule has 0 bridgehead atoms. The summed E-state index contributed by atoms with van der Waals surface area (Å²) in [7, 11) is 0. The third-order valence-electron chi connectivity index (χ3n) is 5.31. The first kappa shape index (κ1) is 25.5. The fourth-order valence-electron chi connectivity index (χ4n) is 3.32. The first-order chi connectivity index (χ1) is 16.8. The Morgan fingerprint density at radius 2 is 1.63 bits per heavy atom. The summed E-state index contributed by atoms with van der Waals surface area (Å²) in [6.45, 7) is 7.82. The number of ether oxygens (including phenoxy) is 2. The molecule has 0 atom stereocenters. The molecule has 182 valence electrons. The lowest BCUT2D eigenvalue weighted by Gasteiger charge is -2.09. The maximum absolute atomic E-state index is 12.2. The fourth-order valence-corrected chi connectivity index (χ4v) is 3.32. The topological polar surface area (TPSA) is 89.0 Å². The summed E-state index contributed by atoms with van der Waals surface area (Å²) in [5.74, 6) is 0.563. The van der Waals surface area contributed by atoms with Gasteiger partial charge < -0.3 is 14.8 Å². The van der Waals surface area contributed by atoms with E-state index in [1.54, 1.807) is 18.2 Å². The summed E-state index contributed by atoms with van der Waals surface area (Å²) in [5, 5.41) is 6.80. The number of amides is 2. The van der Waals surface area contributed by atoms with E-state index in [1.165, 1.54) is 11.8 Å². The zero-order valence-corrected chi connectivity index (χ0v) is 20.6. The number of carbonyl (C=O) groups is 2. The molecule has 0 heterocycles. The van der Waals surface area contributed by atoms with Crippen molar-refractivity contribution in [3.63, 3.8) is 0 Å². The van der Waals surface area contributed by atoms with Crippen LogP contribution < -0.4 is 20.2 Å². The Balaban J connectivity index is 1.45. The van der Waals surface area contributed by atoms with Crippen LogP contribution in [0.1, 0.15) is 34.7 Å². The van der Waals surface area contributed by atoms with Crippen molar-refractivity contribution in [1.82, 2.24) is 5.43 Å². The molecule has 3 aromatic rings. The molecular formula is C28H31N3O4. The second-order valence-electron chi connectivity index (χ2n) is 8.30. The highest BCUT2D eigenvalue weighted by molar-refractivity contribution is 5.92. The van der Waals surface area contributed by atoms with Crippen LogP contribution in [0.5, 0.6) is 11.5 Å². The Morgan fingerprint density at radius 1 is 0.857 bits per heavy atom. The zero-order valence-electron chi connectivity index (χ0n) is 20.6. The lowest BCUT2D eigenvalue weighted by Crippen LogP contribution is -2.24. The van der Waals surface area contributed by atoms with Crippen LogP contribution in [0.2, 0.25) is 0 Å². The molecule has 35 heavy (non-hydrogen) atoms. The average molecular weight is 474 g/mol. The molecule has 3 aromatic carbocycles. The number of benzene rings is 3. The lowest BCUT2D eigenvalue weighted by molar-refractivity contribution is -0.123. The third kappa shape index (κ3) is 8.30. The van der Waals surface area contributed by atoms with Crippen LogP contribution in [-0.4, -0.2) is 31.2 Å². The van der Waals surface area contributed by atoms with Gasteiger partial charge in [0.2, 0.25) is 0 Å². The molecule has 0 fully saturated rings. The highest BCUT2D eigenvalue weighted by Gasteiger charge is 2.06. The number of rotatable bonds is 10. The van der Waals surface area contributed by atoms with Gasteiger partial charge in [-0.05, 0) is 91.4 Å². The zero-order chi connectivity index (χ0) is 25.2. The summed E-state index contributed by atoms with van der Waals surface area (Å²) >= 11 is 0. The van der Waals surface area contributed by atoms with E-state index in [4.69, 9.17) is 9.47 Å². The minimum atomic E-state index is -0.365. The molecule has 0 aliphatic heterocycles. The summed E-state index contributed by atoms with van der Waals surface area (Å²) in [5.41, 5.74) is 8.41. The van der Waals surface area contributed by atoms with Crippen LogP contribution in [-0.2, 0) is 16.0 Å². The maximum atomic E-state index is 12.2. The molecule has 7 nitrogen and oxygen atoms in total. The molecule has 0 radical (unpaired) electrons. The van der Waals surface area contributed by atoms with Crippen LogP contribution >= 0.6 is 0 Å². The molecule has 0 saturated heterocycles. The van der Waals surface area contributed by atoms with Crippen LogP contribution in [0.3, 0.4) is 0 Å². The Kier molecular flexibility index (Phi) is 9.01. The molecule has 0 aromatic heterocycles. The van der Waals surface area contributed by atoms with E-state index in [0.29, 0.717) is 17.1 Å². The van der Waals surface area contributed by atoms with Crippen LogP contribution in [0, 0.1) is 20.8 Å². The number of hydrogen-bond donors (Lipinski definition) is 2. The van der Waals surface area contributed by atoms with Gasteiger partial charge in [0.15, 0.2) is 13.2 Å². The summed E-state index contributed by atoms with van der Waals surface area (Å²) < 4.78 is 11.2. The smallest absolute Gasteiger partial charge is 0.277 e. The van der Waals surface area contributed by atoms with Crippen molar-refractivity contribution in [3.8, 4) is 11.5 Å². The predicted octanol–water partition coefficient (Wildman–Crippen LogP) is 4.72. The first-order valence-corrected chi connectivity index (χ1v) is 11.5. The van der Waals surface area contributed by atoms with Crippen molar-refractivity contribution in [3.05, 3.63) is 88.5 Å². The number of carbonyl (C=O) groups excluding carboxylic acids is 2. The monoisotopic (exact) mass is 473 g/mol. The molecule has 0 spiro atoms. The van der Waals surface area contributed by atoms with E-state index in [2.05, 4.69) is 28.8 Å².